The van der Waals surface area contributed by atoms with Crippen molar-refractivity contribution in [3.63, 3.8) is 0 Å². The summed E-state index contributed by atoms with van der Waals surface area (Å²) in [6, 6.07) is 12.7. The highest BCUT2D eigenvalue weighted by atomic mass is 127. The second-order valence-corrected chi connectivity index (χ2v) is 6.38. The number of rotatable bonds is 5. The Labute approximate surface area is 180 Å². The SMILES string of the molecule is CN=C(NCc1ccc(C(N)=O)cc1)N(C)Cc1ccc(Cl)c(Cl)c1.I. The van der Waals surface area contributed by atoms with Crippen LogP contribution in [-0.4, -0.2) is 30.9 Å². The van der Waals surface area contributed by atoms with Gasteiger partial charge in [-0.3, -0.25) is 9.79 Å². The van der Waals surface area contributed by atoms with Crippen molar-refractivity contribution in [2.24, 2.45) is 10.7 Å². The fourth-order valence-electron chi connectivity index (χ4n) is 2.34. The first-order valence-corrected chi connectivity index (χ1v) is 8.40. The van der Waals surface area contributed by atoms with Crippen LogP contribution in [0.25, 0.3) is 0 Å². The van der Waals surface area contributed by atoms with Gasteiger partial charge in [-0.2, -0.15) is 0 Å². The molecule has 0 bridgehead atoms. The van der Waals surface area contributed by atoms with Gasteiger partial charge in [-0.15, -0.1) is 24.0 Å². The van der Waals surface area contributed by atoms with Crippen molar-refractivity contribution >= 4 is 59.0 Å². The number of aliphatic imine (C=N–C) groups is 1. The number of carbonyl (C=O) groups is 1. The van der Waals surface area contributed by atoms with E-state index in [0.717, 1.165) is 17.1 Å². The van der Waals surface area contributed by atoms with Crippen LogP contribution in [-0.2, 0) is 13.1 Å². The molecule has 1 amide bonds. The van der Waals surface area contributed by atoms with Gasteiger partial charge in [-0.05, 0) is 35.4 Å². The van der Waals surface area contributed by atoms with E-state index in [2.05, 4.69) is 10.3 Å². The Kier molecular flexibility index (Phi) is 9.18. The van der Waals surface area contributed by atoms with Gasteiger partial charge in [0.1, 0.15) is 0 Å². The van der Waals surface area contributed by atoms with Gasteiger partial charge in [0.2, 0.25) is 5.91 Å². The van der Waals surface area contributed by atoms with Crippen molar-refractivity contribution in [3.05, 3.63) is 69.2 Å². The zero-order valence-electron chi connectivity index (χ0n) is 14.5. The van der Waals surface area contributed by atoms with Crippen LogP contribution in [0.5, 0.6) is 0 Å². The maximum absolute atomic E-state index is 11.1. The van der Waals surface area contributed by atoms with Gasteiger partial charge in [0, 0.05) is 32.7 Å². The van der Waals surface area contributed by atoms with Gasteiger partial charge in [0.25, 0.3) is 0 Å². The van der Waals surface area contributed by atoms with E-state index in [4.69, 9.17) is 28.9 Å². The fourth-order valence-corrected chi connectivity index (χ4v) is 2.66. The molecule has 0 spiro atoms. The molecule has 3 N–H and O–H groups in total. The number of halogens is 3. The largest absolute Gasteiger partial charge is 0.366 e. The molecular weight excluding hydrogens is 486 g/mol. The minimum Gasteiger partial charge on any atom is -0.366 e. The fraction of sp³-hybridized carbons (Fsp3) is 0.222. The van der Waals surface area contributed by atoms with Crippen LogP contribution in [0.1, 0.15) is 21.5 Å². The van der Waals surface area contributed by atoms with Crippen LogP contribution >= 0.6 is 47.2 Å². The molecule has 26 heavy (non-hydrogen) atoms. The van der Waals surface area contributed by atoms with Crippen LogP contribution in [0.15, 0.2) is 47.5 Å². The third kappa shape index (κ3) is 6.34. The quantitative estimate of drug-likeness (QED) is 0.367. The molecule has 0 atom stereocenters. The Morgan fingerprint density at radius 3 is 2.27 bits per heavy atom. The molecule has 0 aliphatic heterocycles. The van der Waals surface area contributed by atoms with Gasteiger partial charge in [-0.25, -0.2) is 0 Å². The smallest absolute Gasteiger partial charge is 0.248 e. The molecule has 0 fully saturated rings. The van der Waals surface area contributed by atoms with Crippen LogP contribution in [0.2, 0.25) is 10.0 Å². The number of primary amides is 1. The molecule has 2 aromatic carbocycles. The molecule has 2 rings (SSSR count). The number of benzene rings is 2. The topological polar surface area (TPSA) is 70.7 Å². The zero-order chi connectivity index (χ0) is 18.4. The predicted octanol–water partition coefficient (Wildman–Crippen LogP) is 3.92. The average Bonchev–Trinajstić information content (AvgIpc) is 2.59. The van der Waals surface area contributed by atoms with Gasteiger partial charge < -0.3 is 16.0 Å². The minimum absolute atomic E-state index is 0. The standard InChI is InChI=1S/C18H20Cl2N4O.HI/c1-22-18(23-10-12-3-6-14(7-4-12)17(21)25)24(2)11-13-5-8-15(19)16(20)9-13;/h3-9H,10-11H2,1-2H3,(H2,21,25)(H,22,23);1H. The summed E-state index contributed by atoms with van der Waals surface area (Å²) < 4.78 is 0. The average molecular weight is 507 g/mol. The summed E-state index contributed by atoms with van der Waals surface area (Å²) in [6.45, 7) is 1.22. The van der Waals surface area contributed by atoms with Crippen molar-refractivity contribution in [1.29, 1.82) is 0 Å². The number of hydrogen-bond acceptors (Lipinski definition) is 2. The molecule has 5 nitrogen and oxygen atoms in total. The van der Waals surface area contributed by atoms with Crippen LogP contribution in [0.3, 0.4) is 0 Å². The number of guanidine groups is 1. The molecule has 2 aromatic rings. The molecule has 0 aliphatic carbocycles. The van der Waals surface area contributed by atoms with E-state index < -0.39 is 5.91 Å². The highest BCUT2D eigenvalue weighted by molar-refractivity contribution is 14.0. The molecule has 0 heterocycles. The lowest BCUT2D eigenvalue weighted by atomic mass is 10.1. The van der Waals surface area contributed by atoms with Crippen molar-refractivity contribution in [2.75, 3.05) is 14.1 Å². The lowest BCUT2D eigenvalue weighted by molar-refractivity contribution is 0.100. The maximum atomic E-state index is 11.1. The van der Waals surface area contributed by atoms with E-state index in [-0.39, 0.29) is 24.0 Å². The van der Waals surface area contributed by atoms with Gasteiger partial charge in [0.05, 0.1) is 10.0 Å². The number of amides is 1. The van der Waals surface area contributed by atoms with Crippen molar-refractivity contribution < 1.29 is 4.79 Å². The predicted molar refractivity (Wildman–Crippen MR) is 119 cm³/mol. The highest BCUT2D eigenvalue weighted by Crippen LogP contribution is 2.23. The molecule has 0 aliphatic rings. The van der Waals surface area contributed by atoms with E-state index in [1.807, 2.05) is 36.2 Å². The molecule has 0 aromatic heterocycles. The van der Waals surface area contributed by atoms with E-state index in [9.17, 15) is 4.79 Å². The normalized spacial score (nSPS) is 10.8. The molecule has 0 saturated heterocycles. The third-order valence-electron chi connectivity index (χ3n) is 3.67. The van der Waals surface area contributed by atoms with Gasteiger partial charge in [0.15, 0.2) is 5.96 Å². The third-order valence-corrected chi connectivity index (χ3v) is 4.41. The van der Waals surface area contributed by atoms with Gasteiger partial charge >= 0.3 is 0 Å². The Hall–Kier alpha value is -1.51. The van der Waals surface area contributed by atoms with E-state index in [0.29, 0.717) is 28.7 Å². The molecule has 0 radical (unpaired) electrons. The molecule has 0 unspecified atom stereocenters. The highest BCUT2D eigenvalue weighted by Gasteiger charge is 2.08. The summed E-state index contributed by atoms with van der Waals surface area (Å²) in [5.74, 6) is 0.307. The second-order valence-electron chi connectivity index (χ2n) is 5.57. The van der Waals surface area contributed by atoms with Crippen LogP contribution < -0.4 is 11.1 Å². The van der Waals surface area contributed by atoms with Crippen molar-refractivity contribution in [3.8, 4) is 0 Å². The number of hydrogen-bond donors (Lipinski definition) is 2. The molecule has 8 heteroatoms. The Bertz CT molecular complexity index is 781. The summed E-state index contributed by atoms with van der Waals surface area (Å²) >= 11 is 12.0. The zero-order valence-corrected chi connectivity index (χ0v) is 18.3. The molecule has 140 valence electrons. The Balaban J connectivity index is 0.00000338. The Morgan fingerprint density at radius 2 is 1.73 bits per heavy atom. The lowest BCUT2D eigenvalue weighted by Crippen LogP contribution is -2.38. The van der Waals surface area contributed by atoms with Crippen molar-refractivity contribution in [1.82, 2.24) is 10.2 Å². The van der Waals surface area contributed by atoms with Gasteiger partial charge in [-0.1, -0.05) is 41.4 Å². The minimum atomic E-state index is -0.434. The van der Waals surface area contributed by atoms with Crippen molar-refractivity contribution in [2.45, 2.75) is 13.1 Å². The lowest BCUT2D eigenvalue weighted by Gasteiger charge is -2.22. The first-order chi connectivity index (χ1) is 11.9. The maximum Gasteiger partial charge on any atom is 0.248 e. The number of nitrogens with two attached hydrogens (primary N) is 1. The molecular formula is C18H21Cl2IN4O. The van der Waals surface area contributed by atoms with Crippen LogP contribution in [0.4, 0.5) is 0 Å². The summed E-state index contributed by atoms with van der Waals surface area (Å²) in [5.41, 5.74) is 7.79. The number of nitrogens with one attached hydrogen (secondary N) is 1. The monoisotopic (exact) mass is 506 g/mol. The Morgan fingerprint density at radius 1 is 1.12 bits per heavy atom. The summed E-state index contributed by atoms with van der Waals surface area (Å²) in [7, 11) is 3.66. The number of nitrogens with zero attached hydrogens (tertiary/aromatic N) is 2. The summed E-state index contributed by atoms with van der Waals surface area (Å²) in [5, 5.41) is 4.35. The molecule has 0 saturated carbocycles. The van der Waals surface area contributed by atoms with E-state index in [1.54, 1.807) is 25.2 Å². The number of carbonyl (C=O) groups excluding carboxylic acids is 1. The summed E-state index contributed by atoms with van der Waals surface area (Å²) in [4.78, 5) is 17.4. The first-order valence-electron chi connectivity index (χ1n) is 7.65. The van der Waals surface area contributed by atoms with E-state index >= 15 is 0 Å². The second kappa shape index (κ2) is 10.6. The first kappa shape index (κ1) is 22.5. The van der Waals surface area contributed by atoms with E-state index in [1.165, 1.54) is 0 Å². The van der Waals surface area contributed by atoms with Crippen LogP contribution in [0, 0.1) is 0 Å². The summed E-state index contributed by atoms with van der Waals surface area (Å²) in [6.07, 6.45) is 0.